The molecule has 4 amide bonds. The smallest absolute Gasteiger partial charge is 0.324 e. The first-order valence-corrected chi connectivity index (χ1v) is 21.9. The van der Waals surface area contributed by atoms with Crippen LogP contribution in [0.25, 0.3) is 0 Å². The molecule has 0 aromatic heterocycles. The van der Waals surface area contributed by atoms with Crippen molar-refractivity contribution in [3.8, 4) is 0 Å². The monoisotopic (exact) mass is 1050 g/mol. The lowest BCUT2D eigenvalue weighted by Gasteiger charge is -2.19. The molecular formula is C46H36Cl4F6N8O6. The van der Waals surface area contributed by atoms with Crippen LogP contribution in [-0.2, 0) is 44.4 Å². The van der Waals surface area contributed by atoms with Crippen LogP contribution in [0.15, 0.2) is 105 Å². The summed E-state index contributed by atoms with van der Waals surface area (Å²) in [5.74, 6) is -5.48. The molecule has 70 heavy (non-hydrogen) atoms. The van der Waals surface area contributed by atoms with Crippen LogP contribution in [0.5, 0.6) is 0 Å². The molecule has 0 aliphatic rings. The van der Waals surface area contributed by atoms with Crippen molar-refractivity contribution in [1.29, 1.82) is 0 Å². The summed E-state index contributed by atoms with van der Waals surface area (Å²) in [5, 5.41) is 24.0. The zero-order valence-corrected chi connectivity index (χ0v) is 39.7. The van der Waals surface area contributed by atoms with Gasteiger partial charge in [0.05, 0.1) is 43.7 Å². The number of carbonyl (C=O) groups excluding carboxylic acids is 6. The van der Waals surface area contributed by atoms with E-state index >= 15 is 0 Å². The van der Waals surface area contributed by atoms with Crippen molar-refractivity contribution in [2.24, 2.45) is 20.5 Å². The quantitative estimate of drug-likeness (QED) is 0.0430. The normalized spacial score (nSPS) is 12.7. The van der Waals surface area contributed by atoms with Gasteiger partial charge in [0.1, 0.15) is 11.4 Å². The minimum atomic E-state index is -4.86. The molecule has 5 aromatic rings. The van der Waals surface area contributed by atoms with Gasteiger partial charge < -0.3 is 21.3 Å². The lowest BCUT2D eigenvalue weighted by Crippen LogP contribution is -2.33. The average Bonchev–Trinajstić information content (AvgIpc) is 3.28. The molecule has 2 unspecified atom stereocenters. The number of hydrogen-bond acceptors (Lipinski definition) is 10. The molecule has 5 aromatic carbocycles. The van der Waals surface area contributed by atoms with E-state index in [0.29, 0.717) is 23.3 Å². The van der Waals surface area contributed by atoms with E-state index in [-0.39, 0.29) is 66.8 Å². The van der Waals surface area contributed by atoms with Crippen molar-refractivity contribution in [2.75, 3.05) is 21.3 Å². The summed E-state index contributed by atoms with van der Waals surface area (Å²) in [5.41, 5.74) is -3.28. The van der Waals surface area contributed by atoms with Gasteiger partial charge in [0.15, 0.2) is 11.6 Å². The highest BCUT2D eigenvalue weighted by Crippen LogP contribution is 2.39. The number of hydrogen-bond donors (Lipinski definition) is 4. The Morgan fingerprint density at radius 1 is 0.543 bits per heavy atom. The zero-order chi connectivity index (χ0) is 51.8. The second-order valence-electron chi connectivity index (χ2n) is 14.9. The third-order valence-electron chi connectivity index (χ3n) is 9.92. The molecule has 366 valence electrons. The van der Waals surface area contributed by atoms with E-state index in [1.807, 2.05) is 0 Å². The van der Waals surface area contributed by atoms with Gasteiger partial charge >= 0.3 is 12.4 Å². The first kappa shape index (κ1) is 54.2. The number of ketones is 2. The van der Waals surface area contributed by atoms with Crippen LogP contribution in [0.4, 0.5) is 60.5 Å². The van der Waals surface area contributed by atoms with Gasteiger partial charge in [-0.15, -0.1) is 0 Å². The van der Waals surface area contributed by atoms with Crippen LogP contribution in [0.1, 0.15) is 70.7 Å². The summed E-state index contributed by atoms with van der Waals surface area (Å²) < 4.78 is 81.9. The molecule has 0 radical (unpaired) electrons. The summed E-state index contributed by atoms with van der Waals surface area (Å²) >= 11 is 24.3. The third kappa shape index (κ3) is 13.3. The fourth-order valence-corrected chi connectivity index (χ4v) is 7.32. The minimum absolute atomic E-state index is 0.169. The predicted molar refractivity (Wildman–Crippen MR) is 252 cm³/mol. The van der Waals surface area contributed by atoms with E-state index in [1.165, 1.54) is 48.5 Å². The van der Waals surface area contributed by atoms with Crippen LogP contribution in [0.2, 0.25) is 20.1 Å². The van der Waals surface area contributed by atoms with Crippen molar-refractivity contribution in [1.82, 2.24) is 0 Å². The number of benzene rings is 5. The number of anilines is 4. The summed E-state index contributed by atoms with van der Waals surface area (Å²) in [6.07, 6.45) is -9.20. The number of nitrogens with zero attached hydrogens (tertiary/aromatic N) is 4. The first-order chi connectivity index (χ1) is 32.8. The van der Waals surface area contributed by atoms with Gasteiger partial charge in [-0.3, -0.25) is 28.8 Å². The van der Waals surface area contributed by atoms with Gasteiger partial charge in [-0.2, -0.15) is 46.8 Å². The zero-order valence-electron chi connectivity index (χ0n) is 36.7. The Morgan fingerprint density at radius 2 is 0.929 bits per heavy atom. The Balaban J connectivity index is 1.32. The van der Waals surface area contributed by atoms with Crippen molar-refractivity contribution in [3.63, 3.8) is 0 Å². The maximum Gasteiger partial charge on any atom is 0.418 e. The number of nitrogens with one attached hydrogen (secondary N) is 4. The van der Waals surface area contributed by atoms with Crippen LogP contribution < -0.4 is 21.3 Å². The van der Waals surface area contributed by atoms with Gasteiger partial charge in [-0.25, -0.2) is 0 Å². The number of halogens is 10. The average molecular weight is 1050 g/mol. The fraction of sp³-hybridized carbons (Fsp3) is 0.217. The molecule has 0 spiro atoms. The highest BCUT2D eigenvalue weighted by atomic mass is 35.5. The van der Waals surface area contributed by atoms with Crippen molar-refractivity contribution < 1.29 is 55.1 Å². The van der Waals surface area contributed by atoms with E-state index in [0.717, 1.165) is 38.1 Å². The number of alkyl halides is 6. The summed E-state index contributed by atoms with van der Waals surface area (Å²) in [4.78, 5) is 78.8. The molecule has 2 atom stereocenters. The molecule has 0 heterocycles. The van der Waals surface area contributed by atoms with Gasteiger partial charge in [0.2, 0.25) is 12.1 Å². The Kier molecular flexibility index (Phi) is 17.6. The number of amides is 4. The van der Waals surface area contributed by atoms with Gasteiger partial charge in [-0.1, -0.05) is 72.4 Å². The first-order valence-electron chi connectivity index (χ1n) is 20.4. The van der Waals surface area contributed by atoms with Gasteiger partial charge in [0, 0.05) is 21.4 Å². The van der Waals surface area contributed by atoms with E-state index in [9.17, 15) is 55.1 Å². The fourth-order valence-electron chi connectivity index (χ4n) is 6.48. The second-order valence-corrected chi connectivity index (χ2v) is 16.5. The Hall–Kier alpha value is -6.74. The summed E-state index contributed by atoms with van der Waals surface area (Å²) in [7, 11) is 0. The topological polar surface area (TPSA) is 200 Å². The minimum Gasteiger partial charge on any atom is -0.324 e. The van der Waals surface area contributed by atoms with Gasteiger partial charge in [-0.05, 0) is 111 Å². The number of azo groups is 2. The molecule has 4 N–H and O–H groups in total. The molecular weight excluding hydrogens is 1020 g/mol. The van der Waals surface area contributed by atoms with Crippen LogP contribution >= 0.6 is 46.4 Å². The molecule has 0 saturated heterocycles. The van der Waals surface area contributed by atoms with Crippen molar-refractivity contribution in [3.05, 3.63) is 138 Å². The highest BCUT2D eigenvalue weighted by molar-refractivity contribution is 6.37. The third-order valence-corrected chi connectivity index (χ3v) is 11.2. The lowest BCUT2D eigenvalue weighted by atomic mass is 10.0. The molecule has 0 saturated carbocycles. The van der Waals surface area contributed by atoms with E-state index < -0.39 is 82.1 Å². The molecule has 24 heteroatoms. The number of rotatable bonds is 16. The molecule has 5 rings (SSSR count). The predicted octanol–water partition coefficient (Wildman–Crippen LogP) is 13.3. The van der Waals surface area contributed by atoms with E-state index in [2.05, 4.69) is 41.7 Å². The Labute approximate surface area is 414 Å². The van der Waals surface area contributed by atoms with E-state index in [1.54, 1.807) is 13.8 Å². The summed E-state index contributed by atoms with van der Waals surface area (Å²) in [6, 6.07) is 12.6. The largest absolute Gasteiger partial charge is 0.418 e. The lowest BCUT2D eigenvalue weighted by molar-refractivity contribution is -0.137. The summed E-state index contributed by atoms with van der Waals surface area (Å²) in [6.45, 7) is 5.60. The number of aryl methyl sites for hydroxylation is 2. The van der Waals surface area contributed by atoms with Crippen LogP contribution in [0.3, 0.4) is 0 Å². The van der Waals surface area contributed by atoms with Crippen molar-refractivity contribution in [2.45, 2.75) is 65.0 Å². The second kappa shape index (κ2) is 22.8. The molecule has 0 fully saturated rings. The number of Topliss-reactive ketones (excluding diaryl/α,β-unsaturated/α-hetero) is 2. The van der Waals surface area contributed by atoms with Crippen molar-refractivity contribution >= 4 is 116 Å². The Morgan fingerprint density at radius 3 is 1.29 bits per heavy atom. The maximum absolute atomic E-state index is 13.7. The molecule has 0 bridgehead atoms. The SMILES string of the molecule is CCc1cc(NC(=O)C(N=Nc2cccc(C(=O)Nc3ccc(Cl)cc3C(F)(F)F)c2Cl)C(C)=O)cc(CC)c1NC(=O)C(N=Nc1cccc(C(=O)Nc2ccc(Cl)cc2C(F)(F)F)c1Cl)C(C)=O. The number of carbonyl (C=O) groups is 6. The van der Waals surface area contributed by atoms with Crippen LogP contribution in [0, 0.1) is 0 Å². The molecule has 14 nitrogen and oxygen atoms in total. The van der Waals surface area contributed by atoms with Crippen LogP contribution in [-0.4, -0.2) is 47.3 Å². The maximum atomic E-state index is 13.7. The van der Waals surface area contributed by atoms with E-state index in [4.69, 9.17) is 46.4 Å². The molecule has 0 aliphatic carbocycles. The Bertz CT molecular complexity index is 2940. The standard InChI is InChI=1S/C46H36Cl4F6N8O6/c1-5-23-17-27(57-43(69)38(21(3)65)63-61-34-11-7-9-28(36(34)49)41(67)58-32-15-13-25(47)19-30(32)45(51,52)53)18-24(6-2)40(23)60-44(70)39(22(4)66)64-62-35-12-8-10-29(37(35)50)42(68)59-33-16-14-26(48)20-31(33)46(54,55)56/h7-20,38-39H,5-6H2,1-4H3,(H,57,69)(H,58,67)(H,59,68)(H,60,70). The molecule has 0 aliphatic heterocycles. The van der Waals surface area contributed by atoms with Gasteiger partial charge in [0.25, 0.3) is 23.6 Å². The highest BCUT2D eigenvalue weighted by Gasteiger charge is 2.36.